The van der Waals surface area contributed by atoms with Gasteiger partial charge in [-0.1, -0.05) is 72.8 Å². The Hall–Kier alpha value is -3.64. The van der Waals surface area contributed by atoms with Gasteiger partial charge in [0, 0.05) is 24.1 Å². The summed E-state index contributed by atoms with van der Waals surface area (Å²) in [6.45, 7) is 0.136. The van der Waals surface area contributed by atoms with Gasteiger partial charge in [-0.25, -0.2) is 4.79 Å². The number of carbonyl (C=O) groups is 2. The molecule has 0 unspecified atom stereocenters. The summed E-state index contributed by atoms with van der Waals surface area (Å²) in [4.78, 5) is 25.4. The van der Waals surface area contributed by atoms with E-state index in [0.29, 0.717) is 18.0 Å². The lowest BCUT2D eigenvalue weighted by atomic mass is 10.1. The van der Waals surface area contributed by atoms with Gasteiger partial charge >= 0.3 is 6.09 Å². The monoisotopic (exact) mass is 429 g/mol. The molecule has 6 heteroatoms. The topological polar surface area (TPSA) is 93.5 Å². The number of nitrogens with two attached hydrogens (primary N) is 1. The van der Waals surface area contributed by atoms with Gasteiger partial charge < -0.3 is 21.1 Å². The predicted molar refractivity (Wildman–Crippen MR) is 124 cm³/mol. The Kier molecular flexibility index (Phi) is 6.82. The van der Waals surface area contributed by atoms with Gasteiger partial charge in [0.15, 0.2) is 0 Å². The lowest BCUT2D eigenvalue weighted by Crippen LogP contribution is -2.45. The van der Waals surface area contributed by atoms with Crippen molar-refractivity contribution in [2.24, 2.45) is 5.73 Å². The third-order valence-electron chi connectivity index (χ3n) is 5.55. The van der Waals surface area contributed by atoms with E-state index < -0.39 is 12.1 Å². The van der Waals surface area contributed by atoms with Crippen LogP contribution in [0.1, 0.15) is 29.0 Å². The summed E-state index contributed by atoms with van der Waals surface area (Å²) in [7, 11) is 0. The first-order valence-electron chi connectivity index (χ1n) is 10.8. The molecule has 3 aromatic rings. The summed E-state index contributed by atoms with van der Waals surface area (Å²) >= 11 is 0. The third kappa shape index (κ3) is 5.95. The van der Waals surface area contributed by atoms with E-state index in [2.05, 4.69) is 10.6 Å². The lowest BCUT2D eigenvalue weighted by molar-refractivity contribution is -0.118. The molecule has 1 aliphatic rings. The number of rotatable bonds is 8. The van der Waals surface area contributed by atoms with Crippen LogP contribution in [0.5, 0.6) is 0 Å². The van der Waals surface area contributed by atoms with E-state index in [0.717, 1.165) is 17.5 Å². The molecule has 4 rings (SSSR count). The van der Waals surface area contributed by atoms with Crippen molar-refractivity contribution in [3.05, 3.63) is 102 Å². The number of ether oxygens (including phenoxy) is 1. The first-order chi connectivity index (χ1) is 15.6. The zero-order valence-electron chi connectivity index (χ0n) is 17.7. The van der Waals surface area contributed by atoms with Crippen LogP contribution in [0, 0.1) is 0 Å². The molecule has 0 bridgehead atoms. The number of hydrogen-bond acceptors (Lipinski definition) is 4. The standard InChI is InChI=1S/C26H27N3O3/c27-23-16-22(23)20-11-13-21(14-12-20)28-25(30)24(15-18-7-3-1-4-8-18)29-26(31)32-17-19-9-5-2-6-10-19/h1-14,22-24H,15-17,27H2,(H,28,30)(H,29,31)/t22-,23+,24-/m1/s1. The lowest BCUT2D eigenvalue weighted by Gasteiger charge is -2.19. The molecule has 1 saturated carbocycles. The van der Waals surface area contributed by atoms with Gasteiger partial charge in [-0.15, -0.1) is 0 Å². The zero-order valence-corrected chi connectivity index (χ0v) is 17.7. The molecule has 4 N–H and O–H groups in total. The predicted octanol–water partition coefficient (Wildman–Crippen LogP) is 3.98. The molecule has 0 radical (unpaired) electrons. The first-order valence-corrected chi connectivity index (χ1v) is 10.8. The van der Waals surface area contributed by atoms with Crippen LogP contribution in [0.25, 0.3) is 0 Å². The number of hydrogen-bond donors (Lipinski definition) is 3. The molecule has 0 aliphatic heterocycles. The molecule has 0 spiro atoms. The quantitative estimate of drug-likeness (QED) is 0.505. The highest BCUT2D eigenvalue weighted by Crippen LogP contribution is 2.39. The fourth-order valence-corrected chi connectivity index (χ4v) is 3.61. The van der Waals surface area contributed by atoms with Crippen molar-refractivity contribution < 1.29 is 14.3 Å². The van der Waals surface area contributed by atoms with Crippen molar-refractivity contribution in [1.29, 1.82) is 0 Å². The molecule has 1 fully saturated rings. The van der Waals surface area contributed by atoms with E-state index in [1.807, 2.05) is 84.9 Å². The van der Waals surface area contributed by atoms with Gasteiger partial charge in [-0.2, -0.15) is 0 Å². The third-order valence-corrected chi connectivity index (χ3v) is 5.55. The Morgan fingerprint density at radius 2 is 1.50 bits per heavy atom. The second-order valence-corrected chi connectivity index (χ2v) is 8.07. The molecular weight excluding hydrogens is 402 g/mol. The molecule has 164 valence electrons. The van der Waals surface area contributed by atoms with Gasteiger partial charge in [0.1, 0.15) is 12.6 Å². The van der Waals surface area contributed by atoms with Gasteiger partial charge in [-0.05, 0) is 35.2 Å². The van der Waals surface area contributed by atoms with Gasteiger partial charge in [0.05, 0.1) is 0 Å². The Morgan fingerprint density at radius 1 is 0.906 bits per heavy atom. The van der Waals surface area contributed by atoms with Crippen LogP contribution < -0.4 is 16.4 Å². The fourth-order valence-electron chi connectivity index (χ4n) is 3.61. The molecule has 0 saturated heterocycles. The van der Waals surface area contributed by atoms with Gasteiger partial charge in [0.25, 0.3) is 0 Å². The van der Waals surface area contributed by atoms with Crippen molar-refractivity contribution in [1.82, 2.24) is 5.32 Å². The maximum absolute atomic E-state index is 13.0. The van der Waals surface area contributed by atoms with Crippen molar-refractivity contribution in [3.63, 3.8) is 0 Å². The molecule has 6 nitrogen and oxygen atoms in total. The van der Waals surface area contributed by atoms with Gasteiger partial charge in [-0.3, -0.25) is 4.79 Å². The van der Waals surface area contributed by atoms with E-state index in [1.54, 1.807) is 0 Å². The minimum absolute atomic E-state index is 0.136. The fraction of sp³-hybridized carbons (Fsp3) is 0.231. The van der Waals surface area contributed by atoms with Gasteiger partial charge in [0.2, 0.25) is 5.91 Å². The SMILES string of the molecule is N[C@H]1C[C@@H]1c1ccc(NC(=O)[C@@H](Cc2ccccc2)NC(=O)OCc2ccccc2)cc1. The number of anilines is 1. The number of alkyl carbamates (subject to hydrolysis) is 1. The van der Waals surface area contributed by atoms with E-state index in [1.165, 1.54) is 5.56 Å². The smallest absolute Gasteiger partial charge is 0.408 e. The molecule has 0 aromatic heterocycles. The minimum Gasteiger partial charge on any atom is -0.445 e. The second kappa shape index (κ2) is 10.1. The molecule has 3 atom stereocenters. The van der Waals surface area contributed by atoms with E-state index in [4.69, 9.17) is 10.5 Å². The van der Waals surface area contributed by atoms with E-state index in [-0.39, 0.29) is 18.6 Å². The Bertz CT molecular complexity index is 1040. The van der Waals surface area contributed by atoms with Crippen LogP contribution in [0.2, 0.25) is 0 Å². The van der Waals surface area contributed by atoms with Crippen molar-refractivity contribution >= 4 is 17.7 Å². The average Bonchev–Trinajstić information content (AvgIpc) is 3.55. The second-order valence-electron chi connectivity index (χ2n) is 8.07. The number of benzene rings is 3. The molecular formula is C26H27N3O3. The van der Waals surface area contributed by atoms with Crippen molar-refractivity contribution in [2.45, 2.75) is 37.5 Å². The molecule has 0 heterocycles. The number of carbonyl (C=O) groups excluding carboxylic acids is 2. The summed E-state index contributed by atoms with van der Waals surface area (Å²) in [5.74, 6) is 0.105. The summed E-state index contributed by atoms with van der Waals surface area (Å²) < 4.78 is 5.31. The highest BCUT2D eigenvalue weighted by atomic mass is 16.5. The summed E-state index contributed by atoms with van der Waals surface area (Å²) in [6.07, 6.45) is 0.713. The number of amides is 2. The Labute approximate surface area is 187 Å². The van der Waals surface area contributed by atoms with Crippen LogP contribution in [0.15, 0.2) is 84.9 Å². The van der Waals surface area contributed by atoms with Crippen LogP contribution in [-0.4, -0.2) is 24.1 Å². The maximum Gasteiger partial charge on any atom is 0.408 e. The number of nitrogens with one attached hydrogen (secondary N) is 2. The summed E-state index contributed by atoms with van der Waals surface area (Å²) in [6, 6.07) is 26.1. The Morgan fingerprint density at radius 3 is 2.09 bits per heavy atom. The normalized spacial score (nSPS) is 17.8. The summed E-state index contributed by atoms with van der Waals surface area (Å²) in [5, 5.41) is 5.61. The van der Waals surface area contributed by atoms with Crippen LogP contribution in [0.3, 0.4) is 0 Å². The van der Waals surface area contributed by atoms with Crippen LogP contribution in [-0.2, 0) is 22.6 Å². The van der Waals surface area contributed by atoms with E-state index in [9.17, 15) is 9.59 Å². The molecule has 3 aromatic carbocycles. The van der Waals surface area contributed by atoms with E-state index >= 15 is 0 Å². The first kappa shape index (κ1) is 21.6. The van der Waals surface area contributed by atoms with Crippen LogP contribution >= 0.6 is 0 Å². The van der Waals surface area contributed by atoms with Crippen LogP contribution in [0.4, 0.5) is 10.5 Å². The molecule has 2 amide bonds. The molecule has 1 aliphatic carbocycles. The molecule has 32 heavy (non-hydrogen) atoms. The largest absolute Gasteiger partial charge is 0.445 e. The van der Waals surface area contributed by atoms with Crippen molar-refractivity contribution in [2.75, 3.05) is 5.32 Å². The summed E-state index contributed by atoms with van der Waals surface area (Å²) in [5.41, 5.74) is 9.58. The Balaban J connectivity index is 1.39. The highest BCUT2D eigenvalue weighted by molar-refractivity contribution is 5.96. The zero-order chi connectivity index (χ0) is 22.3. The average molecular weight is 430 g/mol. The maximum atomic E-state index is 13.0. The van der Waals surface area contributed by atoms with Crippen molar-refractivity contribution in [3.8, 4) is 0 Å². The minimum atomic E-state index is -0.780. The highest BCUT2D eigenvalue weighted by Gasteiger charge is 2.34.